The summed E-state index contributed by atoms with van der Waals surface area (Å²) in [5, 5.41) is 0.956. The molecule has 0 atom stereocenters. The number of hydrogen-bond acceptors (Lipinski definition) is 5. The Bertz CT molecular complexity index is 919. The normalized spacial score (nSPS) is 14.5. The standard InChI is InChI=1S/C18H16N2O3/c1-12-8-17(21)23-18-14(12)2-3-16-15(18)10-20(11-22-16)9-13-4-6-19-7-5-13/h2-8H,9-11H2,1H3. The highest BCUT2D eigenvalue weighted by Crippen LogP contribution is 2.33. The minimum Gasteiger partial charge on any atom is -0.478 e. The zero-order chi connectivity index (χ0) is 15.8. The average Bonchev–Trinajstić information content (AvgIpc) is 2.55. The van der Waals surface area contributed by atoms with Crippen LogP contribution >= 0.6 is 0 Å². The number of aromatic nitrogens is 1. The average molecular weight is 308 g/mol. The molecule has 4 rings (SSSR count). The Morgan fingerprint density at radius 1 is 1.22 bits per heavy atom. The van der Waals surface area contributed by atoms with Gasteiger partial charge in [0.15, 0.2) is 0 Å². The number of nitrogens with zero attached hydrogens (tertiary/aromatic N) is 2. The van der Waals surface area contributed by atoms with E-state index in [1.807, 2.05) is 31.2 Å². The summed E-state index contributed by atoms with van der Waals surface area (Å²) in [6.45, 7) is 3.87. The Kier molecular flexibility index (Phi) is 3.35. The Morgan fingerprint density at radius 3 is 2.87 bits per heavy atom. The van der Waals surface area contributed by atoms with Crippen LogP contribution in [0.2, 0.25) is 0 Å². The van der Waals surface area contributed by atoms with Crippen molar-refractivity contribution in [1.82, 2.24) is 9.88 Å². The second-order valence-electron chi connectivity index (χ2n) is 5.78. The quantitative estimate of drug-likeness (QED) is 0.681. The molecule has 0 amide bonds. The van der Waals surface area contributed by atoms with E-state index in [0.29, 0.717) is 18.9 Å². The van der Waals surface area contributed by atoms with Crippen molar-refractivity contribution in [3.05, 3.63) is 69.8 Å². The Hall–Kier alpha value is -2.66. The molecule has 23 heavy (non-hydrogen) atoms. The molecule has 0 saturated carbocycles. The van der Waals surface area contributed by atoms with Gasteiger partial charge in [0, 0.05) is 36.9 Å². The summed E-state index contributed by atoms with van der Waals surface area (Å²) in [7, 11) is 0. The lowest BCUT2D eigenvalue weighted by molar-refractivity contribution is 0.0889. The molecule has 3 aromatic rings. The second kappa shape index (κ2) is 5.52. The van der Waals surface area contributed by atoms with Crippen LogP contribution in [0.25, 0.3) is 11.0 Å². The van der Waals surface area contributed by atoms with Gasteiger partial charge in [-0.2, -0.15) is 0 Å². The van der Waals surface area contributed by atoms with E-state index in [9.17, 15) is 4.79 Å². The van der Waals surface area contributed by atoms with Gasteiger partial charge in [0.2, 0.25) is 0 Å². The lowest BCUT2D eigenvalue weighted by Crippen LogP contribution is -2.31. The fourth-order valence-electron chi connectivity index (χ4n) is 2.98. The highest BCUT2D eigenvalue weighted by atomic mass is 16.5. The van der Waals surface area contributed by atoms with Crippen LogP contribution in [0.5, 0.6) is 5.75 Å². The van der Waals surface area contributed by atoms with Gasteiger partial charge in [-0.05, 0) is 42.3 Å². The minimum atomic E-state index is -0.324. The van der Waals surface area contributed by atoms with Gasteiger partial charge in [0.25, 0.3) is 0 Å². The van der Waals surface area contributed by atoms with Gasteiger partial charge >= 0.3 is 5.63 Å². The highest BCUT2D eigenvalue weighted by Gasteiger charge is 2.22. The number of fused-ring (bicyclic) bond motifs is 3. The van der Waals surface area contributed by atoms with Crippen LogP contribution in [0.4, 0.5) is 0 Å². The van der Waals surface area contributed by atoms with Crippen LogP contribution in [-0.4, -0.2) is 16.6 Å². The molecular weight excluding hydrogens is 292 g/mol. The minimum absolute atomic E-state index is 0.324. The molecule has 0 radical (unpaired) electrons. The van der Waals surface area contributed by atoms with Crippen molar-refractivity contribution in [2.45, 2.75) is 20.0 Å². The smallest absolute Gasteiger partial charge is 0.336 e. The number of rotatable bonds is 2. The number of pyridine rings is 1. The van der Waals surface area contributed by atoms with E-state index in [1.165, 1.54) is 11.6 Å². The van der Waals surface area contributed by atoms with Gasteiger partial charge in [0.05, 0.1) is 5.56 Å². The summed E-state index contributed by atoms with van der Waals surface area (Å²) >= 11 is 0. The zero-order valence-electron chi connectivity index (χ0n) is 12.8. The largest absolute Gasteiger partial charge is 0.478 e. The van der Waals surface area contributed by atoms with Crippen LogP contribution in [0.1, 0.15) is 16.7 Å². The first-order valence-corrected chi connectivity index (χ1v) is 7.51. The van der Waals surface area contributed by atoms with Gasteiger partial charge in [-0.3, -0.25) is 9.88 Å². The molecule has 0 spiro atoms. The van der Waals surface area contributed by atoms with E-state index in [4.69, 9.17) is 9.15 Å². The zero-order valence-corrected chi connectivity index (χ0v) is 12.8. The van der Waals surface area contributed by atoms with Crippen LogP contribution in [-0.2, 0) is 13.1 Å². The lowest BCUT2D eigenvalue weighted by atomic mass is 10.0. The van der Waals surface area contributed by atoms with Crippen LogP contribution in [0, 0.1) is 6.92 Å². The number of ether oxygens (including phenoxy) is 1. The molecule has 0 bridgehead atoms. The molecule has 0 unspecified atom stereocenters. The third kappa shape index (κ3) is 2.59. The first kappa shape index (κ1) is 14.0. The van der Waals surface area contributed by atoms with Crippen molar-refractivity contribution in [1.29, 1.82) is 0 Å². The van der Waals surface area contributed by atoms with Crippen molar-refractivity contribution < 1.29 is 9.15 Å². The van der Waals surface area contributed by atoms with Crippen molar-refractivity contribution in [2.75, 3.05) is 6.73 Å². The van der Waals surface area contributed by atoms with E-state index in [-0.39, 0.29) is 5.63 Å². The molecule has 0 saturated heterocycles. The van der Waals surface area contributed by atoms with E-state index < -0.39 is 0 Å². The number of hydrogen-bond donors (Lipinski definition) is 0. The van der Waals surface area contributed by atoms with Crippen LogP contribution in [0.3, 0.4) is 0 Å². The summed E-state index contributed by atoms with van der Waals surface area (Å²) in [6.07, 6.45) is 3.57. The lowest BCUT2D eigenvalue weighted by Gasteiger charge is -2.29. The predicted molar refractivity (Wildman–Crippen MR) is 86.2 cm³/mol. The fraction of sp³-hybridized carbons (Fsp3) is 0.222. The predicted octanol–water partition coefficient (Wildman–Crippen LogP) is 2.85. The van der Waals surface area contributed by atoms with Gasteiger partial charge in [0.1, 0.15) is 18.1 Å². The first-order valence-electron chi connectivity index (χ1n) is 7.51. The molecular formula is C18H16N2O3. The fourth-order valence-corrected chi connectivity index (χ4v) is 2.98. The molecule has 1 aliphatic rings. The summed E-state index contributed by atoms with van der Waals surface area (Å²) in [5.41, 5.74) is 3.33. The van der Waals surface area contributed by atoms with E-state index >= 15 is 0 Å². The van der Waals surface area contributed by atoms with Crippen molar-refractivity contribution in [3.63, 3.8) is 0 Å². The Balaban J connectivity index is 1.73. The summed E-state index contributed by atoms with van der Waals surface area (Å²) in [6, 6.07) is 9.40. The molecule has 0 N–H and O–H groups in total. The topological polar surface area (TPSA) is 55.6 Å². The first-order chi connectivity index (χ1) is 11.2. The molecule has 2 aromatic heterocycles. The molecule has 0 fully saturated rings. The Labute approximate surface area is 133 Å². The van der Waals surface area contributed by atoms with E-state index in [0.717, 1.165) is 28.8 Å². The molecule has 3 heterocycles. The van der Waals surface area contributed by atoms with Crippen molar-refractivity contribution in [2.24, 2.45) is 0 Å². The molecule has 0 aliphatic carbocycles. The van der Waals surface area contributed by atoms with E-state index in [2.05, 4.69) is 9.88 Å². The highest BCUT2D eigenvalue weighted by molar-refractivity contribution is 5.85. The molecule has 116 valence electrons. The maximum absolute atomic E-state index is 11.7. The van der Waals surface area contributed by atoms with Gasteiger partial charge in [-0.15, -0.1) is 0 Å². The Morgan fingerprint density at radius 2 is 2.04 bits per heavy atom. The number of aryl methyl sites for hydroxylation is 1. The summed E-state index contributed by atoms with van der Waals surface area (Å²) in [5.74, 6) is 0.789. The summed E-state index contributed by atoms with van der Waals surface area (Å²) < 4.78 is 11.3. The molecule has 1 aliphatic heterocycles. The van der Waals surface area contributed by atoms with Crippen LogP contribution in [0.15, 0.2) is 51.9 Å². The van der Waals surface area contributed by atoms with Gasteiger partial charge in [-0.1, -0.05) is 0 Å². The van der Waals surface area contributed by atoms with Crippen molar-refractivity contribution in [3.8, 4) is 5.75 Å². The van der Waals surface area contributed by atoms with Gasteiger partial charge in [-0.25, -0.2) is 4.79 Å². The summed E-state index contributed by atoms with van der Waals surface area (Å²) in [4.78, 5) is 17.9. The second-order valence-corrected chi connectivity index (χ2v) is 5.78. The maximum atomic E-state index is 11.7. The monoisotopic (exact) mass is 308 g/mol. The SMILES string of the molecule is Cc1cc(=O)oc2c3c(ccc12)OCN(Cc1ccncc1)C3. The third-order valence-corrected chi connectivity index (χ3v) is 4.12. The molecule has 1 aromatic carbocycles. The molecule has 5 nitrogen and oxygen atoms in total. The van der Waals surface area contributed by atoms with E-state index in [1.54, 1.807) is 12.4 Å². The number of benzene rings is 1. The van der Waals surface area contributed by atoms with Crippen molar-refractivity contribution >= 4 is 11.0 Å². The van der Waals surface area contributed by atoms with Crippen LogP contribution < -0.4 is 10.4 Å². The third-order valence-electron chi connectivity index (χ3n) is 4.12. The molecule has 5 heteroatoms. The van der Waals surface area contributed by atoms with Gasteiger partial charge < -0.3 is 9.15 Å². The maximum Gasteiger partial charge on any atom is 0.336 e.